The highest BCUT2D eigenvalue weighted by molar-refractivity contribution is 5.72. The monoisotopic (exact) mass is 233 g/mol. The summed E-state index contributed by atoms with van der Waals surface area (Å²) in [5.41, 5.74) is 1.56. The molecule has 3 N–H and O–H groups in total. The average Bonchev–Trinajstić information content (AvgIpc) is 2.10. The summed E-state index contributed by atoms with van der Waals surface area (Å²) in [6, 6.07) is -0.464. The minimum atomic E-state index is -0.523. The van der Waals surface area contributed by atoms with Gasteiger partial charge in [-0.2, -0.15) is 0 Å². The molecule has 0 aliphatic rings. The zero-order chi connectivity index (χ0) is 12.6. The Morgan fingerprint density at radius 1 is 1.12 bits per heavy atom. The van der Waals surface area contributed by atoms with Crippen molar-refractivity contribution in [1.29, 1.82) is 0 Å². The van der Waals surface area contributed by atoms with Crippen molar-refractivity contribution in [1.82, 2.24) is 16.1 Å². The zero-order valence-electron chi connectivity index (χ0n) is 10.0. The number of hydrogen-bond acceptors (Lipinski definition) is 4. The van der Waals surface area contributed by atoms with Gasteiger partial charge in [-0.05, 0) is 20.8 Å². The first kappa shape index (κ1) is 14.5. The van der Waals surface area contributed by atoms with E-state index in [1.807, 2.05) is 0 Å². The number of urea groups is 1. The largest absolute Gasteiger partial charge is 0.444 e. The number of hydrogen-bond donors (Lipinski definition) is 3. The molecule has 0 radical (unpaired) electrons. The SMILES string of the molecule is CONC(=O)NCCNC(=O)OC(C)(C)C. The minimum Gasteiger partial charge on any atom is -0.444 e. The van der Waals surface area contributed by atoms with E-state index in [9.17, 15) is 9.59 Å². The molecule has 0 bridgehead atoms. The molecule has 0 atom stereocenters. The van der Waals surface area contributed by atoms with E-state index in [4.69, 9.17) is 4.74 Å². The molecular formula is C9H19N3O4. The predicted molar refractivity (Wildman–Crippen MR) is 57.8 cm³/mol. The number of amides is 3. The van der Waals surface area contributed by atoms with Gasteiger partial charge >= 0.3 is 12.1 Å². The molecule has 0 aliphatic heterocycles. The summed E-state index contributed by atoms with van der Waals surface area (Å²) in [5.74, 6) is 0. The van der Waals surface area contributed by atoms with Gasteiger partial charge in [-0.15, -0.1) is 0 Å². The van der Waals surface area contributed by atoms with Crippen LogP contribution in [0.4, 0.5) is 9.59 Å². The maximum atomic E-state index is 11.1. The van der Waals surface area contributed by atoms with E-state index in [2.05, 4.69) is 21.0 Å². The van der Waals surface area contributed by atoms with Crippen molar-refractivity contribution in [3.05, 3.63) is 0 Å². The molecule has 0 aromatic carbocycles. The molecule has 16 heavy (non-hydrogen) atoms. The van der Waals surface area contributed by atoms with Gasteiger partial charge in [0.25, 0.3) is 0 Å². The van der Waals surface area contributed by atoms with Crippen LogP contribution >= 0.6 is 0 Å². The van der Waals surface area contributed by atoms with E-state index in [0.29, 0.717) is 0 Å². The average molecular weight is 233 g/mol. The molecule has 0 aromatic heterocycles. The van der Waals surface area contributed by atoms with E-state index in [-0.39, 0.29) is 13.1 Å². The second-order valence-corrected chi connectivity index (χ2v) is 3.99. The van der Waals surface area contributed by atoms with Gasteiger partial charge in [-0.3, -0.25) is 4.84 Å². The standard InChI is InChI=1S/C9H19N3O4/c1-9(2,3)16-8(14)11-6-5-10-7(13)12-15-4/h5-6H2,1-4H3,(H,11,14)(H2,10,12,13). The van der Waals surface area contributed by atoms with Crippen molar-refractivity contribution in [3.63, 3.8) is 0 Å². The van der Waals surface area contributed by atoms with E-state index in [1.54, 1.807) is 20.8 Å². The summed E-state index contributed by atoms with van der Waals surface area (Å²) in [7, 11) is 1.33. The highest BCUT2D eigenvalue weighted by Crippen LogP contribution is 2.05. The van der Waals surface area contributed by atoms with Crippen LogP contribution in [0.2, 0.25) is 0 Å². The minimum absolute atomic E-state index is 0.284. The molecule has 0 heterocycles. The molecule has 0 saturated heterocycles. The molecule has 0 unspecified atom stereocenters. The molecule has 94 valence electrons. The number of hydroxylamine groups is 1. The maximum Gasteiger partial charge on any atom is 0.407 e. The van der Waals surface area contributed by atoms with Crippen LogP contribution < -0.4 is 16.1 Å². The van der Waals surface area contributed by atoms with Crippen LogP contribution in [0.5, 0.6) is 0 Å². The Bertz CT molecular complexity index is 237. The lowest BCUT2D eigenvalue weighted by atomic mass is 10.2. The van der Waals surface area contributed by atoms with Crippen LogP contribution in [0, 0.1) is 0 Å². The Hall–Kier alpha value is -1.50. The van der Waals surface area contributed by atoms with Crippen molar-refractivity contribution < 1.29 is 19.2 Å². The normalized spacial score (nSPS) is 10.5. The van der Waals surface area contributed by atoms with Gasteiger partial charge in [0, 0.05) is 13.1 Å². The van der Waals surface area contributed by atoms with Crippen LogP contribution in [0.25, 0.3) is 0 Å². The van der Waals surface area contributed by atoms with Crippen LogP contribution in [-0.4, -0.2) is 37.9 Å². The van der Waals surface area contributed by atoms with Crippen LogP contribution in [0.1, 0.15) is 20.8 Å². The lowest BCUT2D eigenvalue weighted by molar-refractivity contribution is 0.0527. The van der Waals surface area contributed by atoms with E-state index in [1.165, 1.54) is 7.11 Å². The third kappa shape index (κ3) is 9.07. The third-order valence-corrected chi connectivity index (χ3v) is 1.27. The number of carbonyl (C=O) groups excluding carboxylic acids is 2. The van der Waals surface area contributed by atoms with Gasteiger partial charge in [0.05, 0.1) is 7.11 Å². The molecule has 7 heteroatoms. The summed E-state index contributed by atoms with van der Waals surface area (Å²) in [4.78, 5) is 26.3. The fraction of sp³-hybridized carbons (Fsp3) is 0.778. The molecule has 7 nitrogen and oxygen atoms in total. The molecule has 0 rings (SSSR count). The third-order valence-electron chi connectivity index (χ3n) is 1.27. The smallest absolute Gasteiger partial charge is 0.407 e. The molecule has 3 amide bonds. The Morgan fingerprint density at radius 3 is 2.19 bits per heavy atom. The lowest BCUT2D eigenvalue weighted by Crippen LogP contribution is -2.41. The van der Waals surface area contributed by atoms with Gasteiger partial charge in [0.1, 0.15) is 5.60 Å². The highest BCUT2D eigenvalue weighted by Gasteiger charge is 2.15. The number of alkyl carbamates (subject to hydrolysis) is 1. The fourth-order valence-corrected chi connectivity index (χ4v) is 0.784. The van der Waals surface area contributed by atoms with Crippen LogP contribution in [0.3, 0.4) is 0 Å². The van der Waals surface area contributed by atoms with Crippen molar-refractivity contribution in [2.45, 2.75) is 26.4 Å². The van der Waals surface area contributed by atoms with Gasteiger partial charge in [0.15, 0.2) is 0 Å². The van der Waals surface area contributed by atoms with Crippen LogP contribution in [-0.2, 0) is 9.57 Å². The summed E-state index contributed by atoms with van der Waals surface area (Å²) < 4.78 is 4.99. The second-order valence-electron chi connectivity index (χ2n) is 3.99. The second kappa shape index (κ2) is 6.89. The van der Waals surface area contributed by atoms with Crippen molar-refractivity contribution in [2.75, 3.05) is 20.2 Å². The topological polar surface area (TPSA) is 88.7 Å². The number of nitrogens with one attached hydrogen (secondary N) is 3. The summed E-state index contributed by atoms with van der Waals surface area (Å²) in [6.45, 7) is 5.89. The Kier molecular flexibility index (Phi) is 6.24. The summed E-state index contributed by atoms with van der Waals surface area (Å²) in [6.07, 6.45) is -0.513. The molecular weight excluding hydrogens is 214 g/mol. The number of carbonyl (C=O) groups is 2. The number of rotatable bonds is 4. The molecule has 0 spiro atoms. The van der Waals surface area contributed by atoms with E-state index in [0.717, 1.165) is 0 Å². The van der Waals surface area contributed by atoms with Gasteiger partial charge in [0.2, 0.25) is 0 Å². The molecule has 0 aliphatic carbocycles. The van der Waals surface area contributed by atoms with Crippen LogP contribution in [0.15, 0.2) is 0 Å². The Balaban J connectivity index is 3.52. The summed E-state index contributed by atoms with van der Waals surface area (Å²) in [5, 5.41) is 4.95. The first-order valence-corrected chi connectivity index (χ1v) is 4.89. The van der Waals surface area contributed by atoms with Gasteiger partial charge in [-0.25, -0.2) is 15.1 Å². The molecule has 0 aromatic rings. The highest BCUT2D eigenvalue weighted by atomic mass is 16.6. The van der Waals surface area contributed by atoms with Crippen molar-refractivity contribution >= 4 is 12.1 Å². The fourth-order valence-electron chi connectivity index (χ4n) is 0.784. The summed E-state index contributed by atoms with van der Waals surface area (Å²) >= 11 is 0. The van der Waals surface area contributed by atoms with E-state index >= 15 is 0 Å². The number of ether oxygens (including phenoxy) is 1. The first-order valence-electron chi connectivity index (χ1n) is 4.89. The predicted octanol–water partition coefficient (Wildman–Crippen LogP) is 0.372. The zero-order valence-corrected chi connectivity index (χ0v) is 10.0. The van der Waals surface area contributed by atoms with Crippen molar-refractivity contribution in [3.8, 4) is 0 Å². The van der Waals surface area contributed by atoms with Gasteiger partial charge in [-0.1, -0.05) is 0 Å². The van der Waals surface area contributed by atoms with Gasteiger partial charge < -0.3 is 15.4 Å². The first-order chi connectivity index (χ1) is 7.35. The molecule has 0 saturated carbocycles. The lowest BCUT2D eigenvalue weighted by Gasteiger charge is -2.19. The quantitative estimate of drug-likeness (QED) is 0.483. The Labute approximate surface area is 94.8 Å². The maximum absolute atomic E-state index is 11.1. The van der Waals surface area contributed by atoms with Crippen molar-refractivity contribution in [2.24, 2.45) is 0 Å². The Morgan fingerprint density at radius 2 is 1.69 bits per heavy atom. The van der Waals surface area contributed by atoms with E-state index < -0.39 is 17.7 Å². The molecule has 0 fully saturated rings.